The molecule has 19 heavy (non-hydrogen) atoms. The second-order valence-electron chi connectivity index (χ2n) is 3.65. The highest BCUT2D eigenvalue weighted by Gasteiger charge is 2.13. The van der Waals surface area contributed by atoms with E-state index in [0.717, 1.165) is 16.4 Å². The standard InChI is InChI=1S/C12H9BrF2N2O2/c13-10-9(19-12(14)15)6-16-17(11(10)18)7-8-4-2-1-3-5-8/h1-6,12H,7H2. The minimum absolute atomic E-state index is 0.0706. The van der Waals surface area contributed by atoms with Crippen LogP contribution in [-0.2, 0) is 6.54 Å². The number of benzene rings is 1. The molecule has 0 saturated carbocycles. The first-order chi connectivity index (χ1) is 9.08. The molecule has 0 unspecified atom stereocenters. The number of halogens is 3. The molecule has 0 saturated heterocycles. The van der Waals surface area contributed by atoms with E-state index in [-0.39, 0.29) is 16.8 Å². The Bertz CT molecular complexity index is 617. The van der Waals surface area contributed by atoms with Crippen LogP contribution in [0.4, 0.5) is 8.78 Å². The van der Waals surface area contributed by atoms with Crippen LogP contribution < -0.4 is 10.3 Å². The van der Waals surface area contributed by atoms with Crippen molar-refractivity contribution in [1.29, 1.82) is 0 Å². The van der Waals surface area contributed by atoms with E-state index in [1.807, 2.05) is 30.3 Å². The van der Waals surface area contributed by atoms with Gasteiger partial charge in [0.1, 0.15) is 4.47 Å². The van der Waals surface area contributed by atoms with Gasteiger partial charge in [-0.05, 0) is 21.5 Å². The number of alkyl halides is 2. The van der Waals surface area contributed by atoms with Crippen LogP contribution >= 0.6 is 15.9 Å². The molecule has 2 aromatic rings. The minimum Gasteiger partial charge on any atom is -0.432 e. The van der Waals surface area contributed by atoms with Crippen molar-refractivity contribution in [3.8, 4) is 5.75 Å². The molecular weight excluding hydrogens is 322 g/mol. The Morgan fingerprint density at radius 1 is 1.32 bits per heavy atom. The van der Waals surface area contributed by atoms with E-state index in [0.29, 0.717) is 0 Å². The lowest BCUT2D eigenvalue weighted by molar-refractivity contribution is -0.0508. The Balaban J connectivity index is 2.29. The number of aromatic nitrogens is 2. The number of ether oxygens (including phenoxy) is 1. The third-order valence-electron chi connectivity index (χ3n) is 2.34. The predicted molar refractivity (Wildman–Crippen MR) is 68.4 cm³/mol. The Labute approximate surface area is 115 Å². The zero-order chi connectivity index (χ0) is 13.8. The Morgan fingerprint density at radius 2 is 2.00 bits per heavy atom. The molecule has 0 atom stereocenters. The van der Waals surface area contributed by atoms with Crippen LogP contribution in [0.1, 0.15) is 5.56 Å². The summed E-state index contributed by atoms with van der Waals surface area (Å²) in [6, 6.07) is 9.21. The number of nitrogens with zero attached hydrogens (tertiary/aromatic N) is 2. The summed E-state index contributed by atoms with van der Waals surface area (Å²) in [7, 11) is 0. The molecule has 1 aromatic carbocycles. The molecule has 0 amide bonds. The maximum atomic E-state index is 12.1. The Morgan fingerprint density at radius 3 is 2.63 bits per heavy atom. The summed E-state index contributed by atoms with van der Waals surface area (Å²) in [4.78, 5) is 11.9. The lowest BCUT2D eigenvalue weighted by Crippen LogP contribution is -2.24. The normalized spacial score (nSPS) is 10.7. The molecule has 4 nitrogen and oxygen atoms in total. The van der Waals surface area contributed by atoms with Crippen LogP contribution in [-0.4, -0.2) is 16.4 Å². The molecule has 0 radical (unpaired) electrons. The van der Waals surface area contributed by atoms with Crippen molar-refractivity contribution in [2.24, 2.45) is 0 Å². The van der Waals surface area contributed by atoms with Crippen molar-refractivity contribution in [1.82, 2.24) is 9.78 Å². The second-order valence-corrected chi connectivity index (χ2v) is 4.44. The van der Waals surface area contributed by atoms with E-state index >= 15 is 0 Å². The molecular formula is C12H9BrF2N2O2. The number of rotatable bonds is 4. The van der Waals surface area contributed by atoms with Gasteiger partial charge in [0.05, 0.1) is 12.7 Å². The van der Waals surface area contributed by atoms with Crippen molar-refractivity contribution in [2.45, 2.75) is 13.2 Å². The first kappa shape index (κ1) is 13.7. The average Bonchev–Trinajstić information content (AvgIpc) is 2.39. The summed E-state index contributed by atoms with van der Waals surface area (Å²) in [5, 5.41) is 3.80. The number of hydrogen-bond acceptors (Lipinski definition) is 3. The lowest BCUT2D eigenvalue weighted by atomic mass is 10.2. The highest BCUT2D eigenvalue weighted by Crippen LogP contribution is 2.21. The molecule has 0 N–H and O–H groups in total. The predicted octanol–water partition coefficient (Wildman–Crippen LogP) is 2.66. The van der Waals surface area contributed by atoms with Crippen molar-refractivity contribution >= 4 is 15.9 Å². The average molecular weight is 331 g/mol. The highest BCUT2D eigenvalue weighted by molar-refractivity contribution is 9.10. The summed E-state index contributed by atoms with van der Waals surface area (Å²) >= 11 is 2.94. The van der Waals surface area contributed by atoms with Gasteiger partial charge in [0.2, 0.25) is 0 Å². The van der Waals surface area contributed by atoms with Crippen molar-refractivity contribution < 1.29 is 13.5 Å². The largest absolute Gasteiger partial charge is 0.432 e. The van der Waals surface area contributed by atoms with Gasteiger partial charge in [-0.25, -0.2) is 4.68 Å². The van der Waals surface area contributed by atoms with Crippen LogP contribution in [0, 0.1) is 0 Å². The maximum absolute atomic E-state index is 12.1. The lowest BCUT2D eigenvalue weighted by Gasteiger charge is -2.09. The third-order valence-corrected chi connectivity index (χ3v) is 3.07. The van der Waals surface area contributed by atoms with Crippen LogP contribution in [0.25, 0.3) is 0 Å². The fraction of sp³-hybridized carbons (Fsp3) is 0.167. The van der Waals surface area contributed by atoms with Crippen LogP contribution in [0.15, 0.2) is 45.8 Å². The van der Waals surface area contributed by atoms with Gasteiger partial charge >= 0.3 is 6.61 Å². The summed E-state index contributed by atoms with van der Waals surface area (Å²) in [5.74, 6) is -0.274. The number of hydrogen-bond donors (Lipinski definition) is 0. The van der Waals surface area contributed by atoms with Crippen molar-refractivity contribution in [3.05, 3.63) is 56.9 Å². The molecule has 1 aromatic heterocycles. The molecule has 0 aliphatic rings. The van der Waals surface area contributed by atoms with Gasteiger partial charge < -0.3 is 4.74 Å². The zero-order valence-electron chi connectivity index (χ0n) is 9.59. The van der Waals surface area contributed by atoms with Gasteiger partial charge in [0, 0.05) is 0 Å². The summed E-state index contributed by atoms with van der Waals surface area (Å²) in [6.45, 7) is -2.74. The molecule has 100 valence electrons. The third kappa shape index (κ3) is 3.37. The van der Waals surface area contributed by atoms with E-state index in [1.165, 1.54) is 0 Å². The van der Waals surface area contributed by atoms with Gasteiger partial charge in [0.25, 0.3) is 5.56 Å². The maximum Gasteiger partial charge on any atom is 0.387 e. The van der Waals surface area contributed by atoms with E-state index in [9.17, 15) is 13.6 Å². The van der Waals surface area contributed by atoms with Gasteiger partial charge in [-0.2, -0.15) is 13.9 Å². The minimum atomic E-state index is -3.00. The van der Waals surface area contributed by atoms with Crippen molar-refractivity contribution in [2.75, 3.05) is 0 Å². The Kier molecular flexibility index (Phi) is 4.26. The zero-order valence-corrected chi connectivity index (χ0v) is 11.2. The molecule has 2 rings (SSSR count). The molecule has 0 aliphatic carbocycles. The van der Waals surface area contributed by atoms with Gasteiger partial charge in [0.15, 0.2) is 5.75 Å². The smallest absolute Gasteiger partial charge is 0.387 e. The molecule has 0 fully saturated rings. The molecule has 7 heteroatoms. The van der Waals surface area contributed by atoms with E-state index in [2.05, 4.69) is 25.8 Å². The van der Waals surface area contributed by atoms with Crippen LogP contribution in [0.3, 0.4) is 0 Å². The van der Waals surface area contributed by atoms with E-state index < -0.39 is 12.2 Å². The van der Waals surface area contributed by atoms with E-state index in [4.69, 9.17) is 0 Å². The second kappa shape index (κ2) is 5.92. The molecule has 1 heterocycles. The topological polar surface area (TPSA) is 44.1 Å². The summed E-state index contributed by atoms with van der Waals surface area (Å²) < 4.78 is 29.5. The Hall–Kier alpha value is -1.76. The molecule has 0 aliphatic heterocycles. The summed E-state index contributed by atoms with van der Waals surface area (Å²) in [6.07, 6.45) is 1.08. The first-order valence-corrected chi connectivity index (χ1v) is 6.11. The van der Waals surface area contributed by atoms with E-state index in [1.54, 1.807) is 0 Å². The van der Waals surface area contributed by atoms with Crippen LogP contribution in [0.2, 0.25) is 0 Å². The van der Waals surface area contributed by atoms with Gasteiger partial charge in [-0.3, -0.25) is 4.79 Å². The SMILES string of the molecule is O=c1c(Br)c(OC(F)F)cnn1Cc1ccccc1. The fourth-order valence-corrected chi connectivity index (χ4v) is 1.90. The summed E-state index contributed by atoms with van der Waals surface area (Å²) in [5.41, 5.74) is 0.355. The first-order valence-electron chi connectivity index (χ1n) is 5.32. The highest BCUT2D eigenvalue weighted by atomic mass is 79.9. The van der Waals surface area contributed by atoms with Crippen molar-refractivity contribution in [3.63, 3.8) is 0 Å². The quantitative estimate of drug-likeness (QED) is 0.865. The molecule has 0 bridgehead atoms. The van der Waals surface area contributed by atoms with Gasteiger partial charge in [-0.1, -0.05) is 30.3 Å². The monoisotopic (exact) mass is 330 g/mol. The van der Waals surface area contributed by atoms with Gasteiger partial charge in [-0.15, -0.1) is 0 Å². The van der Waals surface area contributed by atoms with Crippen LogP contribution in [0.5, 0.6) is 5.75 Å². The molecule has 0 spiro atoms. The fourth-order valence-electron chi connectivity index (χ4n) is 1.50.